The molecule has 3 rings (SSSR count). The van der Waals surface area contributed by atoms with Gasteiger partial charge in [-0.2, -0.15) is 0 Å². The van der Waals surface area contributed by atoms with E-state index in [1.807, 2.05) is 0 Å². The van der Waals surface area contributed by atoms with Crippen LogP contribution < -0.4 is 5.43 Å². The molecule has 0 saturated carbocycles. The molecule has 0 aliphatic rings. The second-order valence-electron chi connectivity index (χ2n) is 5.26. The van der Waals surface area contributed by atoms with Gasteiger partial charge < -0.3 is 14.6 Å². The van der Waals surface area contributed by atoms with Gasteiger partial charge in [0.25, 0.3) is 11.4 Å². The number of rotatable bonds is 4. The number of benzene rings is 2. The Balaban J connectivity index is 2.62. The van der Waals surface area contributed by atoms with Crippen LogP contribution in [0, 0.1) is 20.2 Å². The van der Waals surface area contributed by atoms with Gasteiger partial charge in [0.15, 0.2) is 11.1 Å². The third-order valence-electron chi connectivity index (χ3n) is 3.76. The lowest BCUT2D eigenvalue weighted by atomic mass is 10.00. The molecule has 3 aromatic rings. The fourth-order valence-corrected chi connectivity index (χ4v) is 2.64. The first-order valence-electron chi connectivity index (χ1n) is 6.96. The molecule has 0 saturated heterocycles. The van der Waals surface area contributed by atoms with Crippen LogP contribution in [0.4, 0.5) is 11.4 Å². The molecule has 0 fully saturated rings. The highest BCUT2D eigenvalue weighted by molar-refractivity contribution is 6.13. The van der Waals surface area contributed by atoms with Crippen molar-refractivity contribution in [3.8, 4) is 0 Å². The quantitative estimate of drug-likeness (QED) is 0.388. The molecule has 136 valence electrons. The topological polar surface area (TPSA) is 191 Å². The number of aromatic carboxylic acids is 2. The number of hydrogen-bond acceptors (Lipinski definition) is 8. The standard InChI is InChI=1S/C15H6N2O10/c18-12-6-3-5(16(23)24)1-2-9(6)27-13-7(12)4-8(17(25)26)10(14(19)20)11(13)15(21)22/h1-4H,(H,19,20)(H,21,22). The molecule has 0 unspecified atom stereocenters. The largest absolute Gasteiger partial charge is 0.478 e. The summed E-state index contributed by atoms with van der Waals surface area (Å²) in [5, 5.41) is 39.7. The summed E-state index contributed by atoms with van der Waals surface area (Å²) in [6, 6.07) is 3.50. The van der Waals surface area contributed by atoms with E-state index in [4.69, 9.17) is 4.42 Å². The maximum Gasteiger partial charge on any atom is 0.343 e. The van der Waals surface area contributed by atoms with Gasteiger partial charge in [-0.05, 0) is 6.07 Å². The Morgan fingerprint density at radius 2 is 1.56 bits per heavy atom. The number of carboxylic acid groups (broad SMARTS) is 2. The summed E-state index contributed by atoms with van der Waals surface area (Å²) in [5.74, 6) is -3.75. The minimum Gasteiger partial charge on any atom is -0.478 e. The predicted octanol–water partition coefficient (Wildman–Crippen LogP) is 2.16. The van der Waals surface area contributed by atoms with E-state index in [0.717, 1.165) is 18.2 Å². The first-order chi connectivity index (χ1) is 12.6. The minimum absolute atomic E-state index is 0.245. The van der Waals surface area contributed by atoms with E-state index in [9.17, 15) is 44.8 Å². The molecule has 0 atom stereocenters. The van der Waals surface area contributed by atoms with E-state index >= 15 is 0 Å². The molecule has 0 amide bonds. The van der Waals surface area contributed by atoms with Crippen LogP contribution in [-0.2, 0) is 0 Å². The molecule has 27 heavy (non-hydrogen) atoms. The van der Waals surface area contributed by atoms with Crippen molar-refractivity contribution in [3.63, 3.8) is 0 Å². The Labute approximate surface area is 146 Å². The number of fused-ring (bicyclic) bond motifs is 2. The van der Waals surface area contributed by atoms with Crippen molar-refractivity contribution in [1.29, 1.82) is 0 Å². The average molecular weight is 374 g/mol. The fourth-order valence-electron chi connectivity index (χ4n) is 2.64. The van der Waals surface area contributed by atoms with Gasteiger partial charge in [-0.15, -0.1) is 0 Å². The molecular formula is C15H6N2O10. The van der Waals surface area contributed by atoms with Crippen molar-refractivity contribution in [3.05, 3.63) is 65.8 Å². The second kappa shape index (κ2) is 5.87. The summed E-state index contributed by atoms with van der Waals surface area (Å²) in [7, 11) is 0. The van der Waals surface area contributed by atoms with Crippen LogP contribution in [0.2, 0.25) is 0 Å². The average Bonchev–Trinajstić information content (AvgIpc) is 2.59. The highest BCUT2D eigenvalue weighted by atomic mass is 16.6. The molecule has 0 aliphatic heterocycles. The maximum atomic E-state index is 12.6. The summed E-state index contributed by atoms with van der Waals surface area (Å²) in [6.07, 6.45) is 0. The van der Waals surface area contributed by atoms with Crippen molar-refractivity contribution >= 4 is 45.3 Å². The summed E-state index contributed by atoms with van der Waals surface area (Å²) in [5.41, 5.74) is -5.69. The van der Waals surface area contributed by atoms with E-state index in [0.29, 0.717) is 6.07 Å². The lowest BCUT2D eigenvalue weighted by Crippen LogP contribution is -2.14. The number of carbonyl (C=O) groups is 2. The zero-order chi connectivity index (χ0) is 20.0. The van der Waals surface area contributed by atoms with Crippen LogP contribution in [-0.4, -0.2) is 32.0 Å². The molecule has 0 spiro atoms. The van der Waals surface area contributed by atoms with Gasteiger partial charge >= 0.3 is 11.9 Å². The lowest BCUT2D eigenvalue weighted by Gasteiger charge is -2.08. The second-order valence-corrected chi connectivity index (χ2v) is 5.26. The first kappa shape index (κ1) is 17.5. The van der Waals surface area contributed by atoms with Gasteiger partial charge in [-0.3, -0.25) is 25.0 Å². The zero-order valence-electron chi connectivity index (χ0n) is 12.9. The van der Waals surface area contributed by atoms with Gasteiger partial charge in [0.2, 0.25) is 5.43 Å². The zero-order valence-corrected chi connectivity index (χ0v) is 12.9. The Bertz CT molecular complexity index is 1260. The SMILES string of the molecule is O=C(O)c1c([N+](=O)[O-])cc2c(=O)c3cc([N+](=O)[O-])ccc3oc2c1C(=O)O. The third kappa shape index (κ3) is 2.60. The molecule has 12 nitrogen and oxygen atoms in total. The number of nitro groups is 2. The smallest absolute Gasteiger partial charge is 0.343 e. The van der Waals surface area contributed by atoms with Gasteiger partial charge in [0.05, 0.1) is 20.6 Å². The van der Waals surface area contributed by atoms with E-state index in [1.54, 1.807) is 0 Å². The first-order valence-corrected chi connectivity index (χ1v) is 6.96. The molecule has 2 aromatic carbocycles. The number of nitro benzene ring substituents is 2. The highest BCUT2D eigenvalue weighted by Crippen LogP contribution is 2.32. The van der Waals surface area contributed by atoms with E-state index in [1.165, 1.54) is 0 Å². The molecule has 1 heterocycles. The molecule has 2 N–H and O–H groups in total. The number of non-ortho nitro benzene ring substituents is 1. The number of hydrogen-bond donors (Lipinski definition) is 2. The minimum atomic E-state index is -1.90. The van der Waals surface area contributed by atoms with Crippen LogP contribution in [0.3, 0.4) is 0 Å². The summed E-state index contributed by atoms with van der Waals surface area (Å²) < 4.78 is 5.29. The number of nitrogens with zero attached hydrogens (tertiary/aromatic N) is 2. The molecule has 12 heteroatoms. The van der Waals surface area contributed by atoms with Gasteiger partial charge in [-0.1, -0.05) is 0 Å². The predicted molar refractivity (Wildman–Crippen MR) is 87.2 cm³/mol. The van der Waals surface area contributed by atoms with Crippen molar-refractivity contribution in [2.24, 2.45) is 0 Å². The Hall–Kier alpha value is -4.35. The van der Waals surface area contributed by atoms with Crippen molar-refractivity contribution in [2.45, 2.75) is 0 Å². The van der Waals surface area contributed by atoms with Crippen molar-refractivity contribution in [1.82, 2.24) is 0 Å². The highest BCUT2D eigenvalue weighted by Gasteiger charge is 2.32. The van der Waals surface area contributed by atoms with Crippen molar-refractivity contribution < 1.29 is 34.1 Å². The molecule has 1 aromatic heterocycles. The molecule has 0 aliphatic carbocycles. The van der Waals surface area contributed by atoms with E-state index in [-0.39, 0.29) is 11.0 Å². The van der Waals surface area contributed by atoms with Crippen LogP contribution in [0.1, 0.15) is 20.7 Å². The molecular weight excluding hydrogens is 368 g/mol. The fraction of sp³-hybridized carbons (Fsp3) is 0. The van der Waals surface area contributed by atoms with Crippen LogP contribution in [0.25, 0.3) is 21.9 Å². The summed E-state index contributed by atoms with van der Waals surface area (Å²) in [6.45, 7) is 0. The van der Waals surface area contributed by atoms with Gasteiger partial charge in [0, 0.05) is 18.2 Å². The summed E-state index contributed by atoms with van der Waals surface area (Å²) >= 11 is 0. The molecule has 0 radical (unpaired) electrons. The van der Waals surface area contributed by atoms with Crippen LogP contribution >= 0.6 is 0 Å². The monoisotopic (exact) mass is 374 g/mol. The van der Waals surface area contributed by atoms with Gasteiger partial charge in [0.1, 0.15) is 11.1 Å². The van der Waals surface area contributed by atoms with Crippen LogP contribution in [0.5, 0.6) is 0 Å². The Morgan fingerprint density at radius 1 is 0.926 bits per heavy atom. The lowest BCUT2D eigenvalue weighted by molar-refractivity contribution is -0.385. The Morgan fingerprint density at radius 3 is 2.07 bits per heavy atom. The van der Waals surface area contributed by atoms with Crippen molar-refractivity contribution in [2.75, 3.05) is 0 Å². The normalized spacial score (nSPS) is 10.8. The van der Waals surface area contributed by atoms with Gasteiger partial charge in [-0.25, -0.2) is 9.59 Å². The Kier molecular flexibility index (Phi) is 3.80. The molecule has 0 bridgehead atoms. The van der Waals surface area contributed by atoms with Crippen LogP contribution in [0.15, 0.2) is 33.5 Å². The number of carboxylic acids is 2. The third-order valence-corrected chi connectivity index (χ3v) is 3.76. The summed E-state index contributed by atoms with van der Waals surface area (Å²) in [4.78, 5) is 55.8. The van der Waals surface area contributed by atoms with E-state index < -0.39 is 60.7 Å². The van der Waals surface area contributed by atoms with E-state index in [2.05, 4.69) is 0 Å². The maximum absolute atomic E-state index is 12.6.